The zero-order chi connectivity index (χ0) is 14.1. The highest BCUT2D eigenvalue weighted by Gasteiger charge is 2.48. The van der Waals surface area contributed by atoms with Crippen molar-refractivity contribution in [2.24, 2.45) is 5.41 Å². The number of carbonyl (C=O) groups is 1. The minimum atomic E-state index is -3.16. The van der Waals surface area contributed by atoms with E-state index < -0.39 is 15.4 Å². The SMILES string of the molecule is CS(=O)(=O)N1CCC2(CC1)C[C@H](CCC#N)NC2=O. The van der Waals surface area contributed by atoms with Crippen LogP contribution in [-0.2, 0) is 14.8 Å². The maximum Gasteiger partial charge on any atom is 0.226 e. The molecular weight excluding hydrogens is 266 g/mol. The van der Waals surface area contributed by atoms with Gasteiger partial charge in [0.05, 0.1) is 17.7 Å². The number of nitrogens with zero attached hydrogens (tertiary/aromatic N) is 2. The largest absolute Gasteiger partial charge is 0.353 e. The summed E-state index contributed by atoms with van der Waals surface area (Å²) in [6.07, 6.45) is 4.21. The van der Waals surface area contributed by atoms with E-state index in [4.69, 9.17) is 5.26 Å². The molecule has 2 saturated heterocycles. The monoisotopic (exact) mass is 285 g/mol. The van der Waals surface area contributed by atoms with Crippen molar-refractivity contribution in [3.05, 3.63) is 0 Å². The smallest absolute Gasteiger partial charge is 0.226 e. The summed E-state index contributed by atoms with van der Waals surface area (Å²) < 4.78 is 24.4. The molecule has 2 aliphatic heterocycles. The molecule has 0 aromatic heterocycles. The van der Waals surface area contributed by atoms with Gasteiger partial charge >= 0.3 is 0 Å². The van der Waals surface area contributed by atoms with E-state index in [2.05, 4.69) is 11.4 Å². The van der Waals surface area contributed by atoms with Crippen molar-refractivity contribution in [2.75, 3.05) is 19.3 Å². The summed E-state index contributed by atoms with van der Waals surface area (Å²) in [4.78, 5) is 12.1. The molecule has 0 unspecified atom stereocenters. The number of rotatable bonds is 3. The molecule has 2 heterocycles. The fourth-order valence-electron chi connectivity index (χ4n) is 3.04. The average Bonchev–Trinajstić information content (AvgIpc) is 2.63. The molecule has 0 saturated carbocycles. The Labute approximate surface area is 113 Å². The molecule has 7 heteroatoms. The zero-order valence-corrected chi connectivity index (χ0v) is 11.9. The maximum atomic E-state index is 12.1. The van der Waals surface area contributed by atoms with Crippen molar-refractivity contribution in [3.63, 3.8) is 0 Å². The van der Waals surface area contributed by atoms with Crippen molar-refractivity contribution in [1.82, 2.24) is 9.62 Å². The van der Waals surface area contributed by atoms with Gasteiger partial charge in [-0.15, -0.1) is 0 Å². The minimum Gasteiger partial charge on any atom is -0.353 e. The molecule has 0 aromatic rings. The summed E-state index contributed by atoms with van der Waals surface area (Å²) in [6.45, 7) is 0.828. The van der Waals surface area contributed by atoms with Gasteiger partial charge in [-0.25, -0.2) is 12.7 Å². The molecule has 1 N–H and O–H groups in total. The van der Waals surface area contributed by atoms with Crippen LogP contribution in [0.4, 0.5) is 0 Å². The van der Waals surface area contributed by atoms with Crippen molar-refractivity contribution in [2.45, 2.75) is 38.1 Å². The first-order valence-corrected chi connectivity index (χ1v) is 8.35. The second kappa shape index (κ2) is 5.10. The molecule has 1 spiro atoms. The second-order valence-electron chi connectivity index (χ2n) is 5.51. The number of hydrogen-bond acceptors (Lipinski definition) is 4. The van der Waals surface area contributed by atoms with Crippen LogP contribution >= 0.6 is 0 Å². The standard InChI is InChI=1S/C12H19N3O3S/c1-19(17,18)15-7-4-12(5-8-15)9-10(3-2-6-13)14-11(12)16/h10H,2-5,7-9H2,1H3,(H,14,16)/t10-/m0/s1. The van der Waals surface area contributed by atoms with Crippen LogP contribution in [0, 0.1) is 16.7 Å². The number of sulfonamides is 1. The van der Waals surface area contributed by atoms with Crippen LogP contribution in [0.1, 0.15) is 32.1 Å². The highest BCUT2D eigenvalue weighted by atomic mass is 32.2. The third-order valence-corrected chi connectivity index (χ3v) is 5.51. The van der Waals surface area contributed by atoms with Crippen molar-refractivity contribution in [1.29, 1.82) is 5.26 Å². The Morgan fingerprint density at radius 3 is 2.63 bits per heavy atom. The first-order chi connectivity index (χ1) is 8.87. The lowest BCUT2D eigenvalue weighted by molar-refractivity contribution is -0.129. The first-order valence-electron chi connectivity index (χ1n) is 6.50. The molecule has 2 rings (SSSR count). The Bertz CT molecular complexity index is 501. The molecule has 0 aliphatic carbocycles. The number of nitrogens with one attached hydrogen (secondary N) is 1. The molecule has 1 amide bonds. The third-order valence-electron chi connectivity index (χ3n) is 4.21. The maximum absolute atomic E-state index is 12.1. The van der Waals surface area contributed by atoms with Gasteiger partial charge in [0.15, 0.2) is 0 Å². The molecule has 2 aliphatic rings. The number of piperidine rings is 1. The van der Waals surface area contributed by atoms with Crippen LogP contribution in [0.5, 0.6) is 0 Å². The van der Waals surface area contributed by atoms with Gasteiger partial charge in [0.1, 0.15) is 0 Å². The van der Waals surface area contributed by atoms with E-state index in [1.165, 1.54) is 10.6 Å². The number of carbonyl (C=O) groups excluding carboxylic acids is 1. The fourth-order valence-corrected chi connectivity index (χ4v) is 3.89. The predicted octanol–water partition coefficient (Wildman–Crippen LogP) is 0.220. The highest BCUT2D eigenvalue weighted by molar-refractivity contribution is 7.88. The Kier molecular flexibility index (Phi) is 3.83. The molecule has 106 valence electrons. The quantitative estimate of drug-likeness (QED) is 0.803. The van der Waals surface area contributed by atoms with E-state index in [1.807, 2.05) is 0 Å². The molecule has 6 nitrogen and oxygen atoms in total. The molecular formula is C12H19N3O3S. The Hall–Kier alpha value is -1.13. The lowest BCUT2D eigenvalue weighted by atomic mass is 9.76. The van der Waals surface area contributed by atoms with Crippen LogP contribution in [-0.4, -0.2) is 44.0 Å². The van der Waals surface area contributed by atoms with Gasteiger partial charge in [-0.1, -0.05) is 0 Å². The topological polar surface area (TPSA) is 90.3 Å². The van der Waals surface area contributed by atoms with E-state index in [0.29, 0.717) is 38.8 Å². The molecule has 19 heavy (non-hydrogen) atoms. The fraction of sp³-hybridized carbons (Fsp3) is 0.833. The van der Waals surface area contributed by atoms with Gasteiger partial charge in [-0.05, 0) is 25.7 Å². The summed E-state index contributed by atoms with van der Waals surface area (Å²) in [5.41, 5.74) is -0.415. The normalized spacial score (nSPS) is 27.2. The van der Waals surface area contributed by atoms with Gasteiger partial charge in [-0.2, -0.15) is 5.26 Å². The van der Waals surface area contributed by atoms with Crippen LogP contribution < -0.4 is 5.32 Å². The number of hydrogen-bond donors (Lipinski definition) is 1. The summed E-state index contributed by atoms with van der Waals surface area (Å²) in [5, 5.41) is 11.5. The van der Waals surface area contributed by atoms with Crippen LogP contribution in [0.3, 0.4) is 0 Å². The lowest BCUT2D eigenvalue weighted by Crippen LogP contribution is -2.45. The Morgan fingerprint density at radius 2 is 2.11 bits per heavy atom. The molecule has 2 fully saturated rings. The van der Waals surface area contributed by atoms with Crippen molar-refractivity contribution < 1.29 is 13.2 Å². The summed E-state index contributed by atoms with van der Waals surface area (Å²) in [7, 11) is -3.16. The molecule has 0 radical (unpaired) electrons. The van der Waals surface area contributed by atoms with Crippen molar-refractivity contribution >= 4 is 15.9 Å². The van der Waals surface area contributed by atoms with E-state index >= 15 is 0 Å². The average molecular weight is 285 g/mol. The second-order valence-corrected chi connectivity index (χ2v) is 7.50. The molecule has 0 bridgehead atoms. The van der Waals surface area contributed by atoms with Crippen LogP contribution in [0.25, 0.3) is 0 Å². The summed E-state index contributed by atoms with van der Waals surface area (Å²) in [6, 6.07) is 2.16. The summed E-state index contributed by atoms with van der Waals surface area (Å²) >= 11 is 0. The lowest BCUT2D eigenvalue weighted by Gasteiger charge is -2.36. The minimum absolute atomic E-state index is 0.0311. The van der Waals surface area contributed by atoms with E-state index in [-0.39, 0.29) is 11.9 Å². The number of nitriles is 1. The van der Waals surface area contributed by atoms with Gasteiger partial charge in [-0.3, -0.25) is 4.79 Å². The van der Waals surface area contributed by atoms with E-state index in [9.17, 15) is 13.2 Å². The number of amides is 1. The van der Waals surface area contributed by atoms with Gasteiger partial charge in [0.2, 0.25) is 15.9 Å². The van der Waals surface area contributed by atoms with Gasteiger partial charge < -0.3 is 5.32 Å². The van der Waals surface area contributed by atoms with Crippen LogP contribution in [0.15, 0.2) is 0 Å². The zero-order valence-electron chi connectivity index (χ0n) is 11.1. The van der Waals surface area contributed by atoms with Crippen molar-refractivity contribution in [3.8, 4) is 6.07 Å². The Balaban J connectivity index is 1.99. The van der Waals surface area contributed by atoms with Crippen LogP contribution in [0.2, 0.25) is 0 Å². The summed E-state index contributed by atoms with van der Waals surface area (Å²) in [5.74, 6) is 0.0311. The molecule has 1 atom stereocenters. The van der Waals surface area contributed by atoms with E-state index in [1.54, 1.807) is 0 Å². The first kappa shape index (κ1) is 14.3. The van der Waals surface area contributed by atoms with Gasteiger partial charge in [0, 0.05) is 25.6 Å². The highest BCUT2D eigenvalue weighted by Crippen LogP contribution is 2.41. The van der Waals surface area contributed by atoms with E-state index in [0.717, 1.165) is 6.42 Å². The molecule has 0 aromatic carbocycles. The predicted molar refractivity (Wildman–Crippen MR) is 69.5 cm³/mol. The Morgan fingerprint density at radius 1 is 1.47 bits per heavy atom. The van der Waals surface area contributed by atoms with Gasteiger partial charge in [0.25, 0.3) is 0 Å². The third kappa shape index (κ3) is 2.90.